The van der Waals surface area contributed by atoms with Gasteiger partial charge in [-0.2, -0.15) is 0 Å². The van der Waals surface area contributed by atoms with Gasteiger partial charge in [0.25, 0.3) is 17.5 Å². The second kappa shape index (κ2) is 9.82. The lowest BCUT2D eigenvalue weighted by molar-refractivity contribution is -0.385. The number of hydrogen-bond donors (Lipinski definition) is 2. The molecule has 0 atom stereocenters. The van der Waals surface area contributed by atoms with Gasteiger partial charge in [0.1, 0.15) is 5.00 Å². The molecule has 30 heavy (non-hydrogen) atoms. The van der Waals surface area contributed by atoms with Gasteiger partial charge in [0.05, 0.1) is 10.5 Å². The first-order chi connectivity index (χ1) is 14.4. The Balaban J connectivity index is 1.83. The monoisotopic (exact) mass is 431 g/mol. The lowest BCUT2D eigenvalue weighted by Gasteiger charge is -2.13. The molecule has 2 aromatic rings. The van der Waals surface area contributed by atoms with Gasteiger partial charge < -0.3 is 15.4 Å². The van der Waals surface area contributed by atoms with Crippen molar-refractivity contribution in [2.45, 2.75) is 39.0 Å². The van der Waals surface area contributed by atoms with Crippen molar-refractivity contribution in [2.75, 3.05) is 25.6 Å². The van der Waals surface area contributed by atoms with Gasteiger partial charge in [-0.05, 0) is 56.7 Å². The number of amides is 2. The maximum Gasteiger partial charge on any atom is 0.272 e. The minimum absolute atomic E-state index is 0.0331. The van der Waals surface area contributed by atoms with Crippen LogP contribution in [0.2, 0.25) is 0 Å². The summed E-state index contributed by atoms with van der Waals surface area (Å²) in [4.78, 5) is 37.4. The molecule has 1 aromatic carbocycles. The summed E-state index contributed by atoms with van der Waals surface area (Å²) >= 11 is 1.44. The first-order valence-corrected chi connectivity index (χ1v) is 10.7. The summed E-state index contributed by atoms with van der Waals surface area (Å²) in [6.07, 6.45) is 4.51. The van der Waals surface area contributed by atoms with E-state index in [0.29, 0.717) is 41.3 Å². The van der Waals surface area contributed by atoms with Crippen LogP contribution in [0.3, 0.4) is 0 Å². The molecule has 3 rings (SSSR count). The second-order valence-electron chi connectivity index (χ2n) is 7.23. The summed E-state index contributed by atoms with van der Waals surface area (Å²) < 4.78 is 5.01. The zero-order valence-electron chi connectivity index (χ0n) is 17.1. The van der Waals surface area contributed by atoms with Crippen molar-refractivity contribution in [1.82, 2.24) is 5.32 Å². The fourth-order valence-corrected chi connectivity index (χ4v) is 4.86. The summed E-state index contributed by atoms with van der Waals surface area (Å²) in [6.45, 7) is 2.65. The van der Waals surface area contributed by atoms with Gasteiger partial charge in [0, 0.05) is 42.3 Å². The van der Waals surface area contributed by atoms with Crippen molar-refractivity contribution in [3.05, 3.63) is 55.4 Å². The first kappa shape index (κ1) is 21.9. The molecule has 1 heterocycles. The highest BCUT2D eigenvalue weighted by atomic mass is 32.1. The predicted octanol–water partition coefficient (Wildman–Crippen LogP) is 3.86. The van der Waals surface area contributed by atoms with Crippen molar-refractivity contribution in [2.24, 2.45) is 0 Å². The summed E-state index contributed by atoms with van der Waals surface area (Å²) in [5.41, 5.74) is 2.25. The fraction of sp³-hybridized carbons (Fsp3) is 0.429. The van der Waals surface area contributed by atoms with Gasteiger partial charge >= 0.3 is 0 Å². The number of hydrogen-bond acceptors (Lipinski definition) is 6. The van der Waals surface area contributed by atoms with Gasteiger partial charge in [0.15, 0.2) is 0 Å². The van der Waals surface area contributed by atoms with E-state index >= 15 is 0 Å². The van der Waals surface area contributed by atoms with E-state index < -0.39 is 4.92 Å². The maximum atomic E-state index is 12.9. The van der Waals surface area contributed by atoms with E-state index in [1.807, 2.05) is 0 Å². The molecule has 0 aliphatic heterocycles. The van der Waals surface area contributed by atoms with Crippen molar-refractivity contribution in [3.63, 3.8) is 0 Å². The number of nitro benzene ring substituents is 1. The number of aryl methyl sites for hydroxylation is 2. The molecule has 9 heteroatoms. The van der Waals surface area contributed by atoms with Crippen molar-refractivity contribution in [3.8, 4) is 0 Å². The number of fused-ring (bicyclic) bond motifs is 1. The van der Waals surface area contributed by atoms with Crippen molar-refractivity contribution < 1.29 is 19.2 Å². The highest BCUT2D eigenvalue weighted by molar-refractivity contribution is 7.17. The third kappa shape index (κ3) is 4.85. The van der Waals surface area contributed by atoms with Crippen LogP contribution in [0.25, 0.3) is 0 Å². The standard InChI is InChI=1S/C21H25N3O5S/c1-13-12-14(8-9-16(13)24(27)28)19(25)23-21-18(20(26)22-10-5-11-29-2)15-6-3-4-7-17(15)30-21/h8-9,12H,3-7,10-11H2,1-2H3,(H,22,26)(H,23,25). The molecule has 1 aliphatic carbocycles. The highest BCUT2D eigenvalue weighted by Gasteiger charge is 2.26. The van der Waals surface area contributed by atoms with Crippen molar-refractivity contribution >= 4 is 33.8 Å². The van der Waals surface area contributed by atoms with Crippen LogP contribution in [0.4, 0.5) is 10.7 Å². The predicted molar refractivity (Wildman–Crippen MR) is 116 cm³/mol. The van der Waals surface area contributed by atoms with E-state index in [0.717, 1.165) is 36.1 Å². The Kier molecular flexibility index (Phi) is 7.17. The Bertz CT molecular complexity index is 970. The quantitative estimate of drug-likeness (QED) is 0.375. The number of benzene rings is 1. The molecule has 0 spiro atoms. The van der Waals surface area contributed by atoms with E-state index in [2.05, 4.69) is 10.6 Å². The number of ether oxygens (including phenoxy) is 1. The zero-order valence-corrected chi connectivity index (χ0v) is 17.9. The molecule has 8 nitrogen and oxygen atoms in total. The van der Waals surface area contributed by atoms with Crippen LogP contribution in [-0.2, 0) is 17.6 Å². The van der Waals surface area contributed by atoms with Gasteiger partial charge in [-0.15, -0.1) is 11.3 Å². The molecule has 0 fully saturated rings. The number of nitrogens with zero attached hydrogens (tertiary/aromatic N) is 1. The highest BCUT2D eigenvalue weighted by Crippen LogP contribution is 2.38. The molecule has 0 unspecified atom stereocenters. The molecule has 1 aliphatic rings. The SMILES string of the molecule is COCCCNC(=O)c1c(NC(=O)c2ccc([N+](=O)[O-])c(C)c2)sc2c1CCCC2. The van der Waals surface area contributed by atoms with E-state index in [1.54, 1.807) is 14.0 Å². The maximum absolute atomic E-state index is 12.9. The van der Waals surface area contributed by atoms with E-state index in [4.69, 9.17) is 4.74 Å². The van der Waals surface area contributed by atoms with Gasteiger partial charge in [-0.25, -0.2) is 0 Å². The molecule has 160 valence electrons. The largest absolute Gasteiger partial charge is 0.385 e. The Morgan fingerprint density at radius 2 is 2.00 bits per heavy atom. The number of thiophene rings is 1. The van der Waals surface area contributed by atoms with Crippen LogP contribution in [0.1, 0.15) is 56.0 Å². The zero-order chi connectivity index (χ0) is 21.7. The number of anilines is 1. The van der Waals surface area contributed by atoms with Crippen LogP contribution in [-0.4, -0.2) is 37.0 Å². The Morgan fingerprint density at radius 3 is 2.70 bits per heavy atom. The summed E-state index contributed by atoms with van der Waals surface area (Å²) in [7, 11) is 1.62. The number of nitrogens with one attached hydrogen (secondary N) is 2. The van der Waals surface area contributed by atoms with Crippen LogP contribution in [0.15, 0.2) is 18.2 Å². The number of rotatable bonds is 8. The van der Waals surface area contributed by atoms with E-state index in [9.17, 15) is 19.7 Å². The van der Waals surface area contributed by atoms with E-state index in [1.165, 1.54) is 29.5 Å². The van der Waals surface area contributed by atoms with Crippen LogP contribution in [0.5, 0.6) is 0 Å². The lowest BCUT2D eigenvalue weighted by Crippen LogP contribution is -2.27. The number of nitro groups is 1. The average molecular weight is 432 g/mol. The van der Waals surface area contributed by atoms with Gasteiger partial charge in [0.2, 0.25) is 0 Å². The number of carbonyl (C=O) groups is 2. The number of carbonyl (C=O) groups excluding carboxylic acids is 2. The second-order valence-corrected chi connectivity index (χ2v) is 8.33. The molecule has 0 saturated heterocycles. The molecule has 0 radical (unpaired) electrons. The van der Waals surface area contributed by atoms with E-state index in [-0.39, 0.29) is 17.5 Å². The average Bonchev–Trinajstić information content (AvgIpc) is 3.08. The van der Waals surface area contributed by atoms with Crippen molar-refractivity contribution in [1.29, 1.82) is 0 Å². The molecule has 0 saturated carbocycles. The minimum Gasteiger partial charge on any atom is -0.385 e. The Hall–Kier alpha value is -2.78. The first-order valence-electron chi connectivity index (χ1n) is 9.90. The molecular weight excluding hydrogens is 406 g/mol. The Labute approximate surface area is 178 Å². The van der Waals surface area contributed by atoms with Gasteiger partial charge in [-0.3, -0.25) is 19.7 Å². The molecule has 1 aromatic heterocycles. The van der Waals surface area contributed by atoms with Gasteiger partial charge in [-0.1, -0.05) is 0 Å². The molecule has 2 amide bonds. The molecule has 2 N–H and O–H groups in total. The summed E-state index contributed by atoms with van der Waals surface area (Å²) in [5.74, 6) is -0.583. The molecule has 0 bridgehead atoms. The third-order valence-electron chi connectivity index (χ3n) is 5.09. The smallest absolute Gasteiger partial charge is 0.272 e. The number of methoxy groups -OCH3 is 1. The topological polar surface area (TPSA) is 111 Å². The third-order valence-corrected chi connectivity index (χ3v) is 6.30. The van der Waals surface area contributed by atoms with Crippen LogP contribution >= 0.6 is 11.3 Å². The minimum atomic E-state index is -0.476. The fourth-order valence-electron chi connectivity index (χ4n) is 3.58. The Morgan fingerprint density at radius 1 is 1.23 bits per heavy atom. The lowest BCUT2D eigenvalue weighted by atomic mass is 9.95. The summed E-state index contributed by atoms with van der Waals surface area (Å²) in [5, 5.41) is 17.3. The van der Waals surface area contributed by atoms with Crippen LogP contribution < -0.4 is 10.6 Å². The normalized spacial score (nSPS) is 12.9. The molecular formula is C21H25N3O5S. The van der Waals surface area contributed by atoms with Crippen LogP contribution in [0, 0.1) is 17.0 Å². The summed E-state index contributed by atoms with van der Waals surface area (Å²) in [6, 6.07) is 4.25.